The van der Waals surface area contributed by atoms with Crippen molar-refractivity contribution < 1.29 is 9.90 Å². The first-order valence-electron chi connectivity index (χ1n) is 6.71. The number of aliphatic hydroxyl groups excluding tert-OH is 1. The third-order valence-corrected chi connectivity index (χ3v) is 3.20. The fourth-order valence-corrected chi connectivity index (χ4v) is 2.11. The van der Waals surface area contributed by atoms with Gasteiger partial charge in [-0.2, -0.15) is 0 Å². The van der Waals surface area contributed by atoms with Crippen molar-refractivity contribution in [3.8, 4) is 0 Å². The Morgan fingerprint density at radius 1 is 1.14 bits per heavy atom. The van der Waals surface area contributed by atoms with Crippen LogP contribution in [0.3, 0.4) is 0 Å². The standard InChI is InChI=1S/C16H19N3O2/c17-12-6-7-14(15(18)9-12)16(21)19-13(10-20)8-11-4-2-1-3-5-11/h1-7,9,13,20H,8,10,17-18H2,(H,19,21). The molecule has 2 aromatic rings. The van der Waals surface area contributed by atoms with E-state index in [4.69, 9.17) is 11.5 Å². The molecule has 0 spiro atoms. The lowest BCUT2D eigenvalue weighted by molar-refractivity contribution is 0.0917. The highest BCUT2D eigenvalue weighted by Crippen LogP contribution is 2.16. The predicted molar refractivity (Wildman–Crippen MR) is 83.8 cm³/mol. The van der Waals surface area contributed by atoms with Crippen LogP contribution in [0.25, 0.3) is 0 Å². The van der Waals surface area contributed by atoms with Gasteiger partial charge in [-0.15, -0.1) is 0 Å². The fourth-order valence-electron chi connectivity index (χ4n) is 2.11. The Kier molecular flexibility index (Phi) is 4.79. The molecule has 1 unspecified atom stereocenters. The number of rotatable bonds is 5. The second kappa shape index (κ2) is 6.76. The van der Waals surface area contributed by atoms with Crippen LogP contribution >= 0.6 is 0 Å². The summed E-state index contributed by atoms with van der Waals surface area (Å²) < 4.78 is 0. The molecule has 1 amide bonds. The van der Waals surface area contributed by atoms with E-state index in [1.807, 2.05) is 30.3 Å². The van der Waals surface area contributed by atoms with Crippen molar-refractivity contribution in [2.45, 2.75) is 12.5 Å². The molecule has 0 saturated heterocycles. The molecule has 5 nitrogen and oxygen atoms in total. The normalized spacial score (nSPS) is 11.9. The van der Waals surface area contributed by atoms with Gasteiger partial charge in [-0.05, 0) is 30.2 Å². The first-order chi connectivity index (χ1) is 10.1. The van der Waals surface area contributed by atoms with Crippen molar-refractivity contribution in [2.75, 3.05) is 18.1 Å². The van der Waals surface area contributed by atoms with Crippen LogP contribution in [-0.2, 0) is 6.42 Å². The van der Waals surface area contributed by atoms with Crippen LogP contribution < -0.4 is 16.8 Å². The predicted octanol–water partition coefficient (Wildman–Crippen LogP) is 1.18. The summed E-state index contributed by atoms with van der Waals surface area (Å²) in [6, 6.07) is 14.0. The summed E-state index contributed by atoms with van der Waals surface area (Å²) in [4.78, 5) is 12.2. The second-order valence-electron chi connectivity index (χ2n) is 4.89. The molecule has 0 bridgehead atoms. The summed E-state index contributed by atoms with van der Waals surface area (Å²) >= 11 is 0. The molecule has 0 fully saturated rings. The van der Waals surface area contributed by atoms with E-state index in [1.54, 1.807) is 18.2 Å². The number of carbonyl (C=O) groups is 1. The SMILES string of the molecule is Nc1ccc(C(=O)NC(CO)Cc2ccccc2)c(N)c1. The van der Waals surface area contributed by atoms with E-state index in [0.29, 0.717) is 23.4 Å². The summed E-state index contributed by atoms with van der Waals surface area (Å²) in [5, 5.41) is 12.2. The molecule has 0 aliphatic rings. The summed E-state index contributed by atoms with van der Waals surface area (Å²) in [6.45, 7) is -0.143. The van der Waals surface area contributed by atoms with Crippen LogP contribution in [-0.4, -0.2) is 23.7 Å². The van der Waals surface area contributed by atoms with Crippen LogP contribution in [0.5, 0.6) is 0 Å². The van der Waals surface area contributed by atoms with Gasteiger partial charge in [0.1, 0.15) is 0 Å². The fraction of sp³-hybridized carbons (Fsp3) is 0.188. The van der Waals surface area contributed by atoms with Gasteiger partial charge in [0.05, 0.1) is 18.2 Å². The van der Waals surface area contributed by atoms with Crippen molar-refractivity contribution in [1.29, 1.82) is 0 Å². The molecular weight excluding hydrogens is 266 g/mol. The average Bonchev–Trinajstić information content (AvgIpc) is 2.47. The van der Waals surface area contributed by atoms with Crippen LogP contribution in [0, 0.1) is 0 Å². The molecule has 0 aromatic heterocycles. The van der Waals surface area contributed by atoms with Crippen LogP contribution in [0.4, 0.5) is 11.4 Å². The van der Waals surface area contributed by atoms with Crippen LogP contribution in [0.2, 0.25) is 0 Å². The van der Waals surface area contributed by atoms with Gasteiger partial charge in [-0.1, -0.05) is 30.3 Å². The smallest absolute Gasteiger partial charge is 0.253 e. The molecular formula is C16H19N3O2. The van der Waals surface area contributed by atoms with Crippen molar-refractivity contribution in [3.05, 3.63) is 59.7 Å². The van der Waals surface area contributed by atoms with Gasteiger partial charge in [-0.25, -0.2) is 0 Å². The molecule has 0 aliphatic carbocycles. The van der Waals surface area contributed by atoms with Gasteiger partial charge in [0, 0.05) is 11.4 Å². The minimum atomic E-state index is -0.364. The maximum absolute atomic E-state index is 12.2. The number of anilines is 2. The van der Waals surface area contributed by atoms with Gasteiger partial charge >= 0.3 is 0 Å². The maximum atomic E-state index is 12.2. The molecule has 6 N–H and O–H groups in total. The molecule has 1 atom stereocenters. The third kappa shape index (κ3) is 3.97. The third-order valence-electron chi connectivity index (χ3n) is 3.20. The Morgan fingerprint density at radius 3 is 2.48 bits per heavy atom. The Balaban J connectivity index is 2.06. The van der Waals surface area contributed by atoms with Crippen molar-refractivity contribution >= 4 is 17.3 Å². The van der Waals surface area contributed by atoms with Gasteiger partial charge in [0.25, 0.3) is 5.91 Å². The first-order valence-corrected chi connectivity index (χ1v) is 6.71. The van der Waals surface area contributed by atoms with Crippen LogP contribution in [0.1, 0.15) is 15.9 Å². The van der Waals surface area contributed by atoms with E-state index < -0.39 is 0 Å². The number of benzene rings is 2. The molecule has 0 aliphatic heterocycles. The maximum Gasteiger partial charge on any atom is 0.253 e. The quantitative estimate of drug-likeness (QED) is 0.620. The molecule has 0 heterocycles. The van der Waals surface area contributed by atoms with Crippen molar-refractivity contribution in [3.63, 3.8) is 0 Å². The average molecular weight is 285 g/mol. The Bertz CT molecular complexity index is 614. The van der Waals surface area contributed by atoms with Gasteiger partial charge in [-0.3, -0.25) is 4.79 Å². The highest BCUT2D eigenvalue weighted by molar-refractivity contribution is 5.99. The number of nitrogens with one attached hydrogen (secondary N) is 1. The van der Waals surface area contributed by atoms with Gasteiger partial charge in [0.2, 0.25) is 0 Å². The highest BCUT2D eigenvalue weighted by atomic mass is 16.3. The molecule has 5 heteroatoms. The molecule has 2 aromatic carbocycles. The van der Waals surface area contributed by atoms with Gasteiger partial charge in [0.15, 0.2) is 0 Å². The second-order valence-corrected chi connectivity index (χ2v) is 4.89. The summed E-state index contributed by atoms with van der Waals surface area (Å²) in [7, 11) is 0. The van der Waals surface area contributed by atoms with Crippen LogP contribution in [0.15, 0.2) is 48.5 Å². The molecule has 2 rings (SSSR count). The number of aliphatic hydroxyl groups is 1. The molecule has 0 saturated carbocycles. The largest absolute Gasteiger partial charge is 0.399 e. The Labute approximate surface area is 123 Å². The molecule has 110 valence electrons. The van der Waals surface area contributed by atoms with Gasteiger partial charge < -0.3 is 21.9 Å². The lowest BCUT2D eigenvalue weighted by Gasteiger charge is -2.17. The first kappa shape index (κ1) is 14.9. The van der Waals surface area contributed by atoms with Crippen molar-refractivity contribution in [1.82, 2.24) is 5.32 Å². The summed E-state index contributed by atoms with van der Waals surface area (Å²) in [5.41, 5.74) is 13.6. The Hall–Kier alpha value is -2.53. The van der Waals surface area contributed by atoms with Crippen molar-refractivity contribution in [2.24, 2.45) is 0 Å². The van der Waals surface area contributed by atoms with E-state index >= 15 is 0 Å². The minimum Gasteiger partial charge on any atom is -0.399 e. The number of hydrogen-bond acceptors (Lipinski definition) is 4. The topological polar surface area (TPSA) is 101 Å². The zero-order chi connectivity index (χ0) is 15.2. The summed E-state index contributed by atoms with van der Waals surface area (Å²) in [5.74, 6) is -0.317. The molecule has 21 heavy (non-hydrogen) atoms. The molecule has 0 radical (unpaired) electrons. The zero-order valence-electron chi connectivity index (χ0n) is 11.6. The van der Waals surface area contributed by atoms with E-state index in [0.717, 1.165) is 5.56 Å². The van der Waals surface area contributed by atoms with E-state index in [1.165, 1.54) is 0 Å². The number of nitrogen functional groups attached to an aromatic ring is 2. The van der Waals surface area contributed by atoms with E-state index in [2.05, 4.69) is 5.32 Å². The van der Waals surface area contributed by atoms with E-state index in [-0.39, 0.29) is 18.6 Å². The van der Waals surface area contributed by atoms with E-state index in [9.17, 15) is 9.90 Å². The minimum absolute atomic E-state index is 0.143. The number of carbonyl (C=O) groups excluding carboxylic acids is 1. The zero-order valence-corrected chi connectivity index (χ0v) is 11.6. The summed E-state index contributed by atoms with van der Waals surface area (Å²) in [6.07, 6.45) is 0.554. The number of amides is 1. The lowest BCUT2D eigenvalue weighted by Crippen LogP contribution is -2.39. The lowest BCUT2D eigenvalue weighted by atomic mass is 10.1. The monoisotopic (exact) mass is 285 g/mol. The Morgan fingerprint density at radius 2 is 1.86 bits per heavy atom. The number of nitrogens with two attached hydrogens (primary N) is 2. The highest BCUT2D eigenvalue weighted by Gasteiger charge is 2.15. The number of hydrogen-bond donors (Lipinski definition) is 4.